The van der Waals surface area contributed by atoms with Crippen LogP contribution in [0.1, 0.15) is 5.56 Å². The number of nitrogens with zero attached hydrogens (tertiary/aromatic N) is 8. The van der Waals surface area contributed by atoms with Crippen molar-refractivity contribution in [3.8, 4) is 90.8 Å². The lowest BCUT2D eigenvalue weighted by atomic mass is 9.95. The topological polar surface area (TPSA) is 87.2 Å². The van der Waals surface area contributed by atoms with E-state index in [2.05, 4.69) is 0 Å². The molecule has 400 valence electrons. The number of rotatable bonds is 9. The summed E-state index contributed by atoms with van der Waals surface area (Å²) in [6, 6.07) is 62.1. The Balaban J connectivity index is 1.04. The number of para-hydroxylation sites is 2. The molecule has 0 aliphatic rings. The van der Waals surface area contributed by atoms with Crippen molar-refractivity contribution in [2.24, 2.45) is 0 Å². The lowest BCUT2D eigenvalue weighted by Crippen LogP contribution is -2.17. The maximum atomic E-state index is 17.0. The van der Waals surface area contributed by atoms with Crippen molar-refractivity contribution in [1.29, 1.82) is 0 Å². The number of fused-ring (bicyclic) bond motifs is 6. The van der Waals surface area contributed by atoms with Crippen LogP contribution in [0.5, 0.6) is 0 Å². The van der Waals surface area contributed by atoms with Crippen molar-refractivity contribution < 1.29 is 35.1 Å². The second-order valence-corrected chi connectivity index (χ2v) is 19.5. The van der Waals surface area contributed by atoms with E-state index in [1.807, 2.05) is 121 Å². The summed E-state index contributed by atoms with van der Waals surface area (Å²) >= 11 is 0. The fourth-order valence-corrected chi connectivity index (χ4v) is 10.9. The minimum absolute atomic E-state index is 0.0808. The third-order valence-electron chi connectivity index (χ3n) is 14.6. The summed E-state index contributed by atoms with van der Waals surface area (Å²) in [6.07, 6.45) is -5.40. The SMILES string of the molecule is Fc1c(F)c(F)c(-c2ccc(-n3c4ccccc4c4cc(-c5nc(-c6ccccc6)nc(-c6ccccc6)n5)ccc43)c(C(F)(F)F)c2-n2c3ccccc3c3cc(-c4nc(-c5ccccc5)nc(-c5ccccc5)n4)ccc32)c(F)c1F. The van der Waals surface area contributed by atoms with Gasteiger partial charge in [0.1, 0.15) is 5.56 Å². The lowest BCUT2D eigenvalue weighted by molar-refractivity contribution is -0.137. The summed E-state index contributed by atoms with van der Waals surface area (Å²) in [4.78, 5) is 29.1. The molecule has 0 aliphatic carbocycles. The molecule has 0 N–H and O–H groups in total. The Hall–Kier alpha value is -10.7. The molecule has 0 aliphatic heterocycles. The van der Waals surface area contributed by atoms with E-state index in [9.17, 15) is 4.39 Å². The molecule has 83 heavy (non-hydrogen) atoms. The first-order valence-electron chi connectivity index (χ1n) is 26.0. The predicted molar refractivity (Wildman–Crippen MR) is 305 cm³/mol. The molecule has 0 atom stereocenters. The quantitative estimate of drug-likeness (QED) is 0.0813. The van der Waals surface area contributed by atoms with E-state index in [4.69, 9.17) is 29.9 Å². The first-order valence-corrected chi connectivity index (χ1v) is 26.0. The minimum atomic E-state index is -5.40. The van der Waals surface area contributed by atoms with E-state index < -0.39 is 63.3 Å². The van der Waals surface area contributed by atoms with Crippen molar-refractivity contribution in [2.75, 3.05) is 0 Å². The maximum absolute atomic E-state index is 17.0. The van der Waals surface area contributed by atoms with Crippen molar-refractivity contribution in [3.05, 3.63) is 253 Å². The lowest BCUT2D eigenvalue weighted by Gasteiger charge is -2.25. The molecule has 0 fully saturated rings. The molecule has 4 aromatic heterocycles. The van der Waals surface area contributed by atoms with Gasteiger partial charge in [-0.1, -0.05) is 158 Å². The van der Waals surface area contributed by atoms with Gasteiger partial charge in [0.05, 0.1) is 39.0 Å². The van der Waals surface area contributed by atoms with Gasteiger partial charge in [-0.2, -0.15) is 13.2 Å². The summed E-state index contributed by atoms with van der Waals surface area (Å²) in [5.41, 5.74) is -0.885. The highest BCUT2D eigenvalue weighted by Gasteiger charge is 2.42. The van der Waals surface area contributed by atoms with Crippen molar-refractivity contribution >= 4 is 43.6 Å². The molecule has 14 rings (SSSR count). The van der Waals surface area contributed by atoms with E-state index in [1.54, 1.807) is 72.8 Å². The first-order chi connectivity index (χ1) is 40.4. The maximum Gasteiger partial charge on any atom is 0.420 e. The normalized spacial score (nSPS) is 11.9. The van der Waals surface area contributed by atoms with Gasteiger partial charge in [-0.3, -0.25) is 0 Å². The Morgan fingerprint density at radius 1 is 0.289 bits per heavy atom. The molecule has 10 aromatic carbocycles. The Kier molecular flexibility index (Phi) is 12.0. The van der Waals surface area contributed by atoms with Crippen LogP contribution in [0.4, 0.5) is 35.1 Å². The van der Waals surface area contributed by atoms with Gasteiger partial charge in [0, 0.05) is 60.5 Å². The molecule has 16 heteroatoms. The Bertz CT molecular complexity index is 4750. The summed E-state index contributed by atoms with van der Waals surface area (Å²) in [5, 5.41) is 1.71. The molecule has 0 bridgehead atoms. The molecule has 0 amide bonds. The molecule has 14 aromatic rings. The first kappa shape index (κ1) is 50.5. The van der Waals surface area contributed by atoms with Crippen molar-refractivity contribution in [2.45, 2.75) is 6.18 Å². The zero-order valence-corrected chi connectivity index (χ0v) is 42.9. The highest BCUT2D eigenvalue weighted by atomic mass is 19.4. The molecule has 0 saturated carbocycles. The molecule has 4 heterocycles. The number of halogens is 8. The molecule has 8 nitrogen and oxygen atoms in total. The summed E-state index contributed by atoms with van der Waals surface area (Å²) in [5.74, 6) is -9.83. The van der Waals surface area contributed by atoms with Crippen LogP contribution in [0.25, 0.3) is 134 Å². The zero-order valence-electron chi connectivity index (χ0n) is 42.9. The van der Waals surface area contributed by atoms with Crippen LogP contribution in [-0.2, 0) is 6.18 Å². The Morgan fingerprint density at radius 3 is 1.01 bits per heavy atom. The minimum Gasteiger partial charge on any atom is -0.309 e. The second kappa shape index (κ2) is 19.8. The zero-order chi connectivity index (χ0) is 56.7. The van der Waals surface area contributed by atoms with Crippen LogP contribution in [-0.4, -0.2) is 39.0 Å². The number of aromatic nitrogens is 8. The summed E-state index contributed by atoms with van der Waals surface area (Å²) < 4.78 is 132. The average Bonchev–Trinajstić information content (AvgIpc) is 4.22. The Morgan fingerprint density at radius 2 is 0.614 bits per heavy atom. The third kappa shape index (κ3) is 8.52. The van der Waals surface area contributed by atoms with E-state index in [-0.39, 0.29) is 28.2 Å². The molecule has 0 saturated heterocycles. The average molecular weight is 1110 g/mol. The van der Waals surface area contributed by atoms with Crippen LogP contribution >= 0.6 is 0 Å². The van der Waals surface area contributed by atoms with E-state index in [0.717, 1.165) is 27.8 Å². The van der Waals surface area contributed by atoms with Crippen LogP contribution < -0.4 is 0 Å². The third-order valence-corrected chi connectivity index (χ3v) is 14.6. The summed E-state index contributed by atoms with van der Waals surface area (Å²) in [7, 11) is 0. The van der Waals surface area contributed by atoms with Crippen molar-refractivity contribution in [1.82, 2.24) is 39.0 Å². The number of benzene rings is 10. The van der Waals surface area contributed by atoms with Gasteiger partial charge in [-0.15, -0.1) is 0 Å². The van der Waals surface area contributed by atoms with Gasteiger partial charge in [0.25, 0.3) is 0 Å². The highest BCUT2D eigenvalue weighted by Crippen LogP contribution is 2.49. The monoisotopic (exact) mass is 1100 g/mol. The molecule has 0 spiro atoms. The molecule has 0 unspecified atom stereocenters. The smallest absolute Gasteiger partial charge is 0.309 e. The van der Waals surface area contributed by atoms with Gasteiger partial charge in [-0.05, 0) is 60.7 Å². The van der Waals surface area contributed by atoms with Gasteiger partial charge in [-0.25, -0.2) is 51.9 Å². The Labute approximate surface area is 466 Å². The molecule has 0 radical (unpaired) electrons. The van der Waals surface area contributed by atoms with Crippen LogP contribution in [0.3, 0.4) is 0 Å². The highest BCUT2D eigenvalue weighted by molar-refractivity contribution is 6.13. The number of alkyl halides is 3. The largest absolute Gasteiger partial charge is 0.420 e. The van der Waals surface area contributed by atoms with E-state index in [1.165, 1.54) is 16.7 Å². The van der Waals surface area contributed by atoms with E-state index >= 15 is 30.7 Å². The van der Waals surface area contributed by atoms with Crippen molar-refractivity contribution in [3.63, 3.8) is 0 Å². The fraction of sp³-hybridized carbons (Fsp3) is 0.0149. The second-order valence-electron chi connectivity index (χ2n) is 19.5. The van der Waals surface area contributed by atoms with Crippen LogP contribution in [0.15, 0.2) is 218 Å². The number of hydrogen-bond acceptors (Lipinski definition) is 6. The standard InChI is InChI=1S/C67H36F8N8/c68-55-53(56(69)58(71)59(72)57(55)70)45-31-34-52(82-48-27-15-13-25-43(48)46-35-41(29-32-50(46)82)65-78-61(37-17-5-1-6-18-37)76-62(79-65)38-19-7-2-8-20-38)54(67(73,74)75)60(45)83-49-28-16-14-26-44(49)47-36-42(30-33-51(47)83)66-80-63(39-21-9-3-10-22-39)77-64(81-66)40-23-11-4-12-24-40/h1-36H. The van der Waals surface area contributed by atoms with E-state index in [0.29, 0.717) is 72.6 Å². The number of hydrogen-bond donors (Lipinski definition) is 0. The van der Waals surface area contributed by atoms with Gasteiger partial charge in [0.2, 0.25) is 5.82 Å². The predicted octanol–water partition coefficient (Wildman–Crippen LogP) is 17.6. The summed E-state index contributed by atoms with van der Waals surface area (Å²) in [6.45, 7) is 0. The fourth-order valence-electron chi connectivity index (χ4n) is 10.9. The molecular formula is C67H36F8N8. The van der Waals surface area contributed by atoms with Gasteiger partial charge in [0.15, 0.2) is 58.2 Å². The molecular weight excluding hydrogens is 1070 g/mol. The van der Waals surface area contributed by atoms with Gasteiger partial charge >= 0.3 is 6.18 Å². The van der Waals surface area contributed by atoms with Crippen LogP contribution in [0.2, 0.25) is 0 Å². The van der Waals surface area contributed by atoms with Crippen LogP contribution in [0, 0.1) is 29.1 Å². The van der Waals surface area contributed by atoms with Gasteiger partial charge < -0.3 is 9.13 Å².